The molecule has 0 saturated carbocycles. The van der Waals surface area contributed by atoms with Crippen LogP contribution in [-0.2, 0) is 14.4 Å². The van der Waals surface area contributed by atoms with Gasteiger partial charge in [0.2, 0.25) is 17.7 Å². The third-order valence-corrected chi connectivity index (χ3v) is 3.08. The Balaban J connectivity index is 3.11. The Morgan fingerprint density at radius 3 is 2.24 bits per heavy atom. The van der Waals surface area contributed by atoms with E-state index in [1.54, 1.807) is 13.8 Å². The highest BCUT2D eigenvalue weighted by Gasteiger charge is 2.51. The van der Waals surface area contributed by atoms with E-state index in [2.05, 4.69) is 5.32 Å². The Kier molecular flexibility index (Phi) is 3.50. The van der Waals surface area contributed by atoms with Crippen molar-refractivity contribution in [2.75, 3.05) is 6.54 Å². The van der Waals surface area contributed by atoms with Crippen LogP contribution in [0.2, 0.25) is 0 Å². The van der Waals surface area contributed by atoms with Crippen LogP contribution in [-0.4, -0.2) is 35.2 Å². The maximum Gasteiger partial charge on any atom is 0.331 e. The summed E-state index contributed by atoms with van der Waals surface area (Å²) in [7, 11) is 0. The second-order valence-corrected chi connectivity index (χ2v) is 3.91. The number of rotatable bonds is 4. The van der Waals surface area contributed by atoms with Crippen LogP contribution in [0.4, 0.5) is 4.79 Å². The lowest BCUT2D eigenvalue weighted by molar-refractivity contribution is -0.153. The van der Waals surface area contributed by atoms with Gasteiger partial charge in [0.25, 0.3) is 0 Å². The van der Waals surface area contributed by atoms with Crippen molar-refractivity contribution in [3.63, 3.8) is 0 Å². The fraction of sp³-hybridized carbons (Fsp3) is 0.600. The Hall–Kier alpha value is -1.92. The van der Waals surface area contributed by atoms with E-state index < -0.39 is 35.7 Å². The van der Waals surface area contributed by atoms with Gasteiger partial charge >= 0.3 is 6.03 Å². The Bertz CT molecular complexity index is 387. The van der Waals surface area contributed by atoms with Gasteiger partial charge in [0.05, 0.1) is 0 Å². The minimum atomic E-state index is -1.27. The lowest BCUT2D eigenvalue weighted by Gasteiger charge is -2.37. The summed E-state index contributed by atoms with van der Waals surface area (Å²) in [5.41, 5.74) is 3.68. The zero-order valence-corrected chi connectivity index (χ0v) is 9.78. The molecule has 0 unspecified atom stereocenters. The summed E-state index contributed by atoms with van der Waals surface area (Å²) in [5, 5.41) is 2.08. The third-order valence-electron chi connectivity index (χ3n) is 3.08. The minimum Gasteiger partial charge on any atom is -0.368 e. The highest BCUT2D eigenvalue weighted by atomic mass is 16.2. The van der Waals surface area contributed by atoms with E-state index in [-0.39, 0.29) is 12.8 Å². The largest absolute Gasteiger partial charge is 0.368 e. The fourth-order valence-corrected chi connectivity index (χ4v) is 1.90. The maximum atomic E-state index is 12.1. The van der Waals surface area contributed by atoms with Gasteiger partial charge in [0, 0.05) is 0 Å². The number of barbiturate groups is 1. The van der Waals surface area contributed by atoms with E-state index in [9.17, 15) is 19.2 Å². The Morgan fingerprint density at radius 2 is 1.82 bits per heavy atom. The molecule has 7 heteroatoms. The first kappa shape index (κ1) is 13.1. The Morgan fingerprint density at radius 1 is 1.29 bits per heavy atom. The molecule has 1 fully saturated rings. The molecule has 7 nitrogen and oxygen atoms in total. The number of urea groups is 1. The topological polar surface area (TPSA) is 110 Å². The van der Waals surface area contributed by atoms with Gasteiger partial charge in [-0.2, -0.15) is 0 Å². The molecule has 0 spiro atoms. The van der Waals surface area contributed by atoms with Gasteiger partial charge in [-0.3, -0.25) is 24.6 Å². The van der Waals surface area contributed by atoms with Crippen LogP contribution in [0, 0.1) is 5.41 Å². The van der Waals surface area contributed by atoms with Crippen molar-refractivity contribution in [1.82, 2.24) is 10.2 Å². The normalized spacial score (nSPS) is 19.2. The average molecular weight is 241 g/mol. The predicted octanol–water partition coefficient (Wildman–Crippen LogP) is -0.643. The first-order valence-corrected chi connectivity index (χ1v) is 5.34. The zero-order valence-electron chi connectivity index (χ0n) is 9.78. The lowest BCUT2D eigenvalue weighted by Crippen LogP contribution is -2.64. The molecule has 1 aliphatic heterocycles. The maximum absolute atomic E-state index is 12.1. The molecule has 0 aromatic carbocycles. The molecule has 0 aromatic rings. The van der Waals surface area contributed by atoms with Crippen LogP contribution in [0.1, 0.15) is 26.7 Å². The number of carbonyl (C=O) groups excluding carboxylic acids is 4. The summed E-state index contributed by atoms with van der Waals surface area (Å²) >= 11 is 0. The number of hydrogen-bond acceptors (Lipinski definition) is 4. The van der Waals surface area contributed by atoms with Crippen molar-refractivity contribution in [1.29, 1.82) is 0 Å². The van der Waals surface area contributed by atoms with Crippen molar-refractivity contribution in [2.45, 2.75) is 26.7 Å². The summed E-state index contributed by atoms with van der Waals surface area (Å²) in [5.74, 6) is -2.07. The highest BCUT2D eigenvalue weighted by molar-refractivity contribution is 6.19. The molecular formula is C10H15N3O4. The molecule has 17 heavy (non-hydrogen) atoms. The monoisotopic (exact) mass is 241 g/mol. The molecule has 0 bridgehead atoms. The van der Waals surface area contributed by atoms with Crippen molar-refractivity contribution >= 4 is 23.8 Å². The van der Waals surface area contributed by atoms with Gasteiger partial charge in [-0.1, -0.05) is 13.8 Å². The van der Waals surface area contributed by atoms with E-state index >= 15 is 0 Å². The van der Waals surface area contributed by atoms with E-state index in [0.717, 1.165) is 0 Å². The SMILES string of the molecule is CCC1(CC)C(=O)NC(=O)N(CC(N)=O)C1=O. The summed E-state index contributed by atoms with van der Waals surface area (Å²) < 4.78 is 0. The smallest absolute Gasteiger partial charge is 0.331 e. The van der Waals surface area contributed by atoms with Crippen LogP contribution in [0.15, 0.2) is 0 Å². The highest BCUT2D eigenvalue weighted by Crippen LogP contribution is 2.32. The Labute approximate surface area is 98.3 Å². The average Bonchev–Trinajstić information content (AvgIpc) is 2.26. The fourth-order valence-electron chi connectivity index (χ4n) is 1.90. The molecule has 0 radical (unpaired) electrons. The van der Waals surface area contributed by atoms with Crippen molar-refractivity contribution < 1.29 is 19.2 Å². The summed E-state index contributed by atoms with van der Waals surface area (Å²) in [6.07, 6.45) is 0.521. The molecular weight excluding hydrogens is 226 g/mol. The van der Waals surface area contributed by atoms with Gasteiger partial charge in [-0.25, -0.2) is 4.79 Å². The molecule has 0 atom stereocenters. The van der Waals surface area contributed by atoms with Crippen LogP contribution < -0.4 is 11.1 Å². The molecule has 5 amide bonds. The quantitative estimate of drug-likeness (QED) is 0.637. The van der Waals surface area contributed by atoms with Crippen molar-refractivity contribution in [2.24, 2.45) is 11.1 Å². The van der Waals surface area contributed by atoms with E-state index in [0.29, 0.717) is 4.90 Å². The molecule has 1 aliphatic rings. The first-order valence-electron chi connectivity index (χ1n) is 5.34. The number of carbonyl (C=O) groups is 4. The van der Waals surface area contributed by atoms with Crippen molar-refractivity contribution in [3.8, 4) is 0 Å². The van der Waals surface area contributed by atoms with Crippen LogP contribution in [0.3, 0.4) is 0 Å². The van der Waals surface area contributed by atoms with Crippen molar-refractivity contribution in [3.05, 3.63) is 0 Å². The van der Waals surface area contributed by atoms with Gasteiger partial charge < -0.3 is 5.73 Å². The second kappa shape index (κ2) is 4.52. The number of nitrogens with one attached hydrogen (secondary N) is 1. The molecule has 1 saturated heterocycles. The van der Waals surface area contributed by atoms with E-state index in [1.807, 2.05) is 0 Å². The zero-order chi connectivity index (χ0) is 13.2. The molecule has 0 aliphatic carbocycles. The number of primary amides is 1. The predicted molar refractivity (Wildman–Crippen MR) is 57.5 cm³/mol. The standard InChI is InChI=1S/C10H15N3O4/c1-3-10(4-2)7(15)12-9(17)13(8(10)16)5-6(11)14/h3-5H2,1-2H3,(H2,11,14)(H,12,15,17). The van der Waals surface area contributed by atoms with Crippen LogP contribution >= 0.6 is 0 Å². The van der Waals surface area contributed by atoms with Crippen LogP contribution in [0.25, 0.3) is 0 Å². The summed E-state index contributed by atoms with van der Waals surface area (Å²) in [4.78, 5) is 46.8. The van der Waals surface area contributed by atoms with E-state index in [1.165, 1.54) is 0 Å². The summed E-state index contributed by atoms with van der Waals surface area (Å²) in [6.45, 7) is 2.85. The number of nitrogens with zero attached hydrogens (tertiary/aromatic N) is 1. The molecule has 94 valence electrons. The van der Waals surface area contributed by atoms with Gasteiger partial charge in [0.15, 0.2) is 0 Å². The molecule has 0 aromatic heterocycles. The number of imide groups is 2. The molecule has 1 rings (SSSR count). The van der Waals surface area contributed by atoms with Crippen LogP contribution in [0.5, 0.6) is 0 Å². The van der Waals surface area contributed by atoms with E-state index in [4.69, 9.17) is 5.73 Å². The number of amides is 5. The van der Waals surface area contributed by atoms with Gasteiger partial charge in [0.1, 0.15) is 12.0 Å². The molecule has 3 N–H and O–H groups in total. The van der Waals surface area contributed by atoms with Gasteiger partial charge in [-0.05, 0) is 12.8 Å². The second-order valence-electron chi connectivity index (χ2n) is 3.91. The van der Waals surface area contributed by atoms with Gasteiger partial charge in [-0.15, -0.1) is 0 Å². The summed E-state index contributed by atoms with van der Waals surface area (Å²) in [6, 6.07) is -0.892. The minimum absolute atomic E-state index is 0.261. The lowest BCUT2D eigenvalue weighted by atomic mass is 9.78. The first-order chi connectivity index (χ1) is 7.89. The number of nitrogens with two attached hydrogens (primary N) is 1. The third kappa shape index (κ3) is 2.00. The number of hydrogen-bond donors (Lipinski definition) is 2. The molecule has 1 heterocycles.